The van der Waals surface area contributed by atoms with Gasteiger partial charge in [0.1, 0.15) is 0 Å². The summed E-state index contributed by atoms with van der Waals surface area (Å²) in [6.07, 6.45) is 4.50. The molecule has 14 heavy (non-hydrogen) atoms. The van der Waals surface area contributed by atoms with Crippen LogP contribution in [-0.2, 0) is 6.42 Å². The Bertz CT molecular complexity index is 412. The number of nitrogens with two attached hydrogens (primary N) is 1. The Balaban J connectivity index is 2.20. The summed E-state index contributed by atoms with van der Waals surface area (Å²) in [5.74, 6) is 4.99. The molecule has 72 valence electrons. The van der Waals surface area contributed by atoms with Crippen molar-refractivity contribution in [2.24, 2.45) is 16.3 Å². The Morgan fingerprint density at radius 2 is 2.29 bits per heavy atom. The molecule has 0 saturated carbocycles. The van der Waals surface area contributed by atoms with Crippen LogP contribution in [0.25, 0.3) is 0 Å². The highest BCUT2D eigenvalue weighted by Crippen LogP contribution is 2.08. The maximum absolute atomic E-state index is 4.99. The van der Waals surface area contributed by atoms with E-state index in [-0.39, 0.29) is 0 Å². The Labute approximate surface area is 81.2 Å². The first-order valence-corrected chi connectivity index (χ1v) is 4.30. The van der Waals surface area contributed by atoms with Gasteiger partial charge in [-0.2, -0.15) is 0 Å². The highest BCUT2D eigenvalue weighted by Gasteiger charge is 2.01. The van der Waals surface area contributed by atoms with Gasteiger partial charge in [-0.1, -0.05) is 5.22 Å². The van der Waals surface area contributed by atoms with Crippen molar-refractivity contribution in [3.8, 4) is 0 Å². The SMILES string of the molecule is N/N=N/n1cccc1Cc1ccc[nH]1. The van der Waals surface area contributed by atoms with Gasteiger partial charge in [-0.05, 0) is 29.5 Å². The molecule has 0 spiro atoms. The van der Waals surface area contributed by atoms with Crippen LogP contribution in [0.4, 0.5) is 0 Å². The minimum absolute atomic E-state index is 0.791. The summed E-state index contributed by atoms with van der Waals surface area (Å²) in [4.78, 5) is 3.13. The first kappa shape index (κ1) is 8.55. The van der Waals surface area contributed by atoms with E-state index in [0.29, 0.717) is 0 Å². The molecule has 5 heteroatoms. The smallest absolute Gasteiger partial charge is 0.0496 e. The molecule has 0 saturated heterocycles. The number of rotatable bonds is 3. The number of hydrogen-bond donors (Lipinski definition) is 2. The van der Waals surface area contributed by atoms with Gasteiger partial charge in [0.15, 0.2) is 0 Å². The van der Waals surface area contributed by atoms with E-state index in [2.05, 4.69) is 15.4 Å². The summed E-state index contributed by atoms with van der Waals surface area (Å²) >= 11 is 0. The van der Waals surface area contributed by atoms with E-state index in [0.717, 1.165) is 17.8 Å². The van der Waals surface area contributed by atoms with E-state index in [4.69, 9.17) is 5.84 Å². The average molecular weight is 189 g/mol. The fourth-order valence-corrected chi connectivity index (χ4v) is 1.36. The van der Waals surface area contributed by atoms with E-state index in [9.17, 15) is 0 Å². The van der Waals surface area contributed by atoms with Crippen molar-refractivity contribution in [3.05, 3.63) is 48.0 Å². The summed E-state index contributed by atoms with van der Waals surface area (Å²) in [5, 5.41) is 7.00. The lowest BCUT2D eigenvalue weighted by Gasteiger charge is -1.99. The molecule has 0 unspecified atom stereocenters. The Hall–Kier alpha value is -2.04. The van der Waals surface area contributed by atoms with Crippen LogP contribution in [0.5, 0.6) is 0 Å². The first-order valence-electron chi connectivity index (χ1n) is 4.30. The van der Waals surface area contributed by atoms with Gasteiger partial charge in [0.25, 0.3) is 0 Å². The van der Waals surface area contributed by atoms with E-state index in [1.54, 1.807) is 4.68 Å². The third kappa shape index (κ3) is 1.66. The van der Waals surface area contributed by atoms with Gasteiger partial charge >= 0.3 is 0 Å². The van der Waals surface area contributed by atoms with E-state index < -0.39 is 0 Å². The van der Waals surface area contributed by atoms with Crippen molar-refractivity contribution < 1.29 is 0 Å². The molecule has 0 aromatic carbocycles. The molecular weight excluding hydrogens is 178 g/mol. The lowest BCUT2D eigenvalue weighted by atomic mass is 10.2. The molecule has 2 rings (SSSR count). The van der Waals surface area contributed by atoms with Crippen LogP contribution in [0, 0.1) is 0 Å². The third-order valence-electron chi connectivity index (χ3n) is 1.99. The standard InChI is InChI=1S/C9H11N5/c10-12-13-14-6-2-4-9(14)7-8-3-1-5-11-8/h1-6,11H,7H2,(H2,10,13). The Morgan fingerprint density at radius 3 is 3.00 bits per heavy atom. The van der Waals surface area contributed by atoms with Crippen LogP contribution in [0.15, 0.2) is 47.1 Å². The molecule has 0 radical (unpaired) electrons. The zero-order valence-electron chi connectivity index (χ0n) is 7.59. The van der Waals surface area contributed by atoms with Crippen molar-refractivity contribution >= 4 is 0 Å². The molecular formula is C9H11N5. The summed E-state index contributed by atoms with van der Waals surface area (Å²) in [5.41, 5.74) is 2.18. The van der Waals surface area contributed by atoms with E-state index >= 15 is 0 Å². The average Bonchev–Trinajstić information content (AvgIpc) is 2.80. The molecule has 0 atom stereocenters. The van der Waals surface area contributed by atoms with Gasteiger partial charge in [0.2, 0.25) is 0 Å². The lowest BCUT2D eigenvalue weighted by Crippen LogP contribution is -1.97. The second-order valence-corrected chi connectivity index (χ2v) is 2.92. The number of nitrogens with zero attached hydrogens (tertiary/aromatic N) is 3. The van der Waals surface area contributed by atoms with Crippen molar-refractivity contribution in [3.63, 3.8) is 0 Å². The lowest BCUT2D eigenvalue weighted by molar-refractivity contribution is 0.732. The summed E-state index contributed by atoms with van der Waals surface area (Å²) in [6, 6.07) is 7.88. The molecule has 5 nitrogen and oxygen atoms in total. The van der Waals surface area contributed by atoms with Gasteiger partial charge in [-0.3, -0.25) is 0 Å². The molecule has 0 aliphatic rings. The Morgan fingerprint density at radius 1 is 1.36 bits per heavy atom. The second-order valence-electron chi connectivity index (χ2n) is 2.92. The van der Waals surface area contributed by atoms with Gasteiger partial charge in [0.05, 0.1) is 0 Å². The first-order chi connectivity index (χ1) is 6.90. The maximum Gasteiger partial charge on any atom is 0.0496 e. The fourth-order valence-electron chi connectivity index (χ4n) is 1.36. The summed E-state index contributed by atoms with van der Waals surface area (Å²) in [7, 11) is 0. The van der Waals surface area contributed by atoms with Crippen molar-refractivity contribution in [2.45, 2.75) is 6.42 Å². The highest BCUT2D eigenvalue weighted by atomic mass is 15.5. The maximum atomic E-state index is 4.99. The molecule has 0 aliphatic carbocycles. The quantitative estimate of drug-likeness (QED) is 0.428. The summed E-state index contributed by atoms with van der Waals surface area (Å²) < 4.78 is 1.65. The predicted octanol–water partition coefficient (Wildman–Crippen LogP) is 1.50. The second kappa shape index (κ2) is 3.78. The molecule has 2 aromatic heterocycles. The number of H-pyrrole nitrogens is 1. The van der Waals surface area contributed by atoms with Crippen molar-refractivity contribution in [1.82, 2.24) is 9.66 Å². The largest absolute Gasteiger partial charge is 0.365 e. The van der Waals surface area contributed by atoms with Crippen LogP contribution >= 0.6 is 0 Å². The molecule has 0 bridgehead atoms. The monoisotopic (exact) mass is 189 g/mol. The number of aromatic amines is 1. The van der Waals surface area contributed by atoms with Crippen LogP contribution < -0.4 is 5.84 Å². The number of nitrogens with one attached hydrogen (secondary N) is 1. The minimum atomic E-state index is 0.791. The van der Waals surface area contributed by atoms with Crippen molar-refractivity contribution in [1.29, 1.82) is 0 Å². The van der Waals surface area contributed by atoms with Crippen LogP contribution in [0.3, 0.4) is 0 Å². The molecule has 0 aliphatic heterocycles. The van der Waals surface area contributed by atoms with E-state index in [1.165, 1.54) is 0 Å². The van der Waals surface area contributed by atoms with Crippen LogP contribution in [0.2, 0.25) is 0 Å². The zero-order valence-corrected chi connectivity index (χ0v) is 7.59. The molecule has 3 N–H and O–H groups in total. The third-order valence-corrected chi connectivity index (χ3v) is 1.99. The predicted molar refractivity (Wildman–Crippen MR) is 52.5 cm³/mol. The normalized spacial score (nSPS) is 11.1. The molecule has 2 aromatic rings. The van der Waals surface area contributed by atoms with Crippen LogP contribution in [-0.4, -0.2) is 9.66 Å². The highest BCUT2D eigenvalue weighted by molar-refractivity contribution is 5.16. The van der Waals surface area contributed by atoms with Gasteiger partial charge in [-0.25, -0.2) is 4.68 Å². The Kier molecular flexibility index (Phi) is 2.31. The van der Waals surface area contributed by atoms with Crippen LogP contribution in [0.1, 0.15) is 11.4 Å². The summed E-state index contributed by atoms with van der Waals surface area (Å²) in [6.45, 7) is 0. The van der Waals surface area contributed by atoms with Gasteiger partial charge in [-0.15, -0.1) is 0 Å². The molecule has 0 fully saturated rings. The van der Waals surface area contributed by atoms with E-state index in [1.807, 2.05) is 36.7 Å². The number of hydrogen-bond acceptors (Lipinski definition) is 2. The van der Waals surface area contributed by atoms with Gasteiger partial charge in [0, 0.05) is 30.2 Å². The molecule has 0 amide bonds. The van der Waals surface area contributed by atoms with Gasteiger partial charge < -0.3 is 10.8 Å². The topological polar surface area (TPSA) is 71.5 Å². The fraction of sp³-hybridized carbons (Fsp3) is 0.111. The van der Waals surface area contributed by atoms with Crippen molar-refractivity contribution in [2.75, 3.05) is 0 Å². The number of aromatic nitrogens is 2. The zero-order chi connectivity index (χ0) is 9.80. The minimum Gasteiger partial charge on any atom is -0.365 e. The molecule has 2 heterocycles.